The maximum Gasteiger partial charge on any atom is 0.354 e. The summed E-state index contributed by atoms with van der Waals surface area (Å²) in [7, 11) is 3.49. The van der Waals surface area contributed by atoms with Gasteiger partial charge in [0.15, 0.2) is 0 Å². The van der Waals surface area contributed by atoms with Gasteiger partial charge in [0.2, 0.25) is 0 Å². The number of esters is 1. The first-order valence-corrected chi connectivity index (χ1v) is 4.67. The van der Waals surface area contributed by atoms with E-state index in [4.69, 9.17) is 4.74 Å². The first-order chi connectivity index (χ1) is 6.72. The number of aromatic nitrogens is 1. The van der Waals surface area contributed by atoms with E-state index in [1.54, 1.807) is 0 Å². The molecule has 0 bridgehead atoms. The third-order valence-electron chi connectivity index (χ3n) is 2.60. The summed E-state index contributed by atoms with van der Waals surface area (Å²) < 4.78 is 6.75. The zero-order chi connectivity index (χ0) is 10.1. The molecule has 14 heavy (non-hydrogen) atoms. The smallest absolute Gasteiger partial charge is 0.354 e. The normalized spacial score (nSPS) is 16.4. The van der Waals surface area contributed by atoms with E-state index < -0.39 is 0 Å². The van der Waals surface area contributed by atoms with Crippen molar-refractivity contribution in [1.82, 2.24) is 9.47 Å². The lowest BCUT2D eigenvalue weighted by Gasteiger charge is -2.25. The predicted molar refractivity (Wildman–Crippen MR) is 52.1 cm³/mol. The molecule has 0 unspecified atom stereocenters. The summed E-state index contributed by atoms with van der Waals surface area (Å²) in [6.45, 7) is 2.74. The quantitative estimate of drug-likeness (QED) is 0.618. The number of fused-ring (bicyclic) bond motifs is 1. The molecule has 0 saturated carbocycles. The molecule has 2 heterocycles. The molecule has 0 radical (unpaired) electrons. The lowest BCUT2D eigenvalue weighted by molar-refractivity contribution is 0.0585. The Kier molecular flexibility index (Phi) is 2.29. The first-order valence-electron chi connectivity index (χ1n) is 4.67. The Hall–Kier alpha value is -1.29. The van der Waals surface area contributed by atoms with Crippen molar-refractivity contribution in [2.45, 2.75) is 13.1 Å². The Bertz CT molecular complexity index is 357. The molecule has 0 spiro atoms. The molecular formula is C10H14N2O2. The summed E-state index contributed by atoms with van der Waals surface area (Å²) in [5, 5.41) is 0. The van der Waals surface area contributed by atoms with E-state index in [1.165, 1.54) is 12.8 Å². The molecule has 0 fully saturated rings. The number of rotatable bonds is 1. The van der Waals surface area contributed by atoms with Crippen LogP contribution < -0.4 is 0 Å². The van der Waals surface area contributed by atoms with Crippen molar-refractivity contribution >= 4 is 5.97 Å². The van der Waals surface area contributed by atoms with Gasteiger partial charge >= 0.3 is 5.97 Å². The molecule has 0 aliphatic carbocycles. The highest BCUT2D eigenvalue weighted by Crippen LogP contribution is 2.16. The fourth-order valence-corrected chi connectivity index (χ4v) is 1.82. The maximum absolute atomic E-state index is 11.4. The minimum absolute atomic E-state index is 0.249. The molecule has 76 valence electrons. The number of hydrogen-bond donors (Lipinski definition) is 0. The second-order valence-electron chi connectivity index (χ2n) is 3.59. The van der Waals surface area contributed by atoms with Gasteiger partial charge in [-0.05, 0) is 19.2 Å². The molecule has 0 aromatic carbocycles. The molecular weight excluding hydrogens is 180 g/mol. The highest BCUT2D eigenvalue weighted by atomic mass is 16.5. The average Bonchev–Trinajstić information content (AvgIpc) is 2.59. The Morgan fingerprint density at radius 3 is 2.93 bits per heavy atom. The molecule has 2 rings (SSSR count). The topological polar surface area (TPSA) is 34.5 Å². The molecule has 0 N–H and O–H groups in total. The van der Waals surface area contributed by atoms with E-state index in [-0.39, 0.29) is 5.97 Å². The van der Waals surface area contributed by atoms with E-state index in [9.17, 15) is 4.79 Å². The molecule has 4 heteroatoms. The van der Waals surface area contributed by atoms with E-state index >= 15 is 0 Å². The van der Waals surface area contributed by atoms with Crippen LogP contribution in [0.2, 0.25) is 0 Å². The monoisotopic (exact) mass is 194 g/mol. The Morgan fingerprint density at radius 1 is 1.43 bits per heavy atom. The van der Waals surface area contributed by atoms with Crippen LogP contribution in [0.1, 0.15) is 16.2 Å². The number of nitrogens with zero attached hydrogens (tertiary/aromatic N) is 2. The number of ether oxygens (including phenoxy) is 1. The molecule has 0 saturated heterocycles. The van der Waals surface area contributed by atoms with Gasteiger partial charge in [0.05, 0.1) is 7.11 Å². The summed E-state index contributed by atoms with van der Waals surface area (Å²) in [4.78, 5) is 13.6. The van der Waals surface area contributed by atoms with Gasteiger partial charge in [-0.2, -0.15) is 0 Å². The molecule has 4 nitrogen and oxygen atoms in total. The van der Waals surface area contributed by atoms with Gasteiger partial charge in [-0.3, -0.25) is 4.90 Å². The first kappa shape index (κ1) is 9.27. The highest BCUT2D eigenvalue weighted by molar-refractivity contribution is 5.87. The van der Waals surface area contributed by atoms with Gasteiger partial charge in [-0.1, -0.05) is 0 Å². The SMILES string of the molecule is COC(=O)c1ccc2n1CCN(C)C2. The van der Waals surface area contributed by atoms with Crippen molar-refractivity contribution in [3.63, 3.8) is 0 Å². The van der Waals surface area contributed by atoms with Crippen molar-refractivity contribution in [3.05, 3.63) is 23.5 Å². The van der Waals surface area contributed by atoms with Gasteiger partial charge in [-0.25, -0.2) is 4.79 Å². The van der Waals surface area contributed by atoms with Gasteiger partial charge < -0.3 is 9.30 Å². The van der Waals surface area contributed by atoms with Crippen molar-refractivity contribution in [3.8, 4) is 0 Å². The summed E-state index contributed by atoms with van der Waals surface area (Å²) in [5.41, 5.74) is 1.84. The minimum atomic E-state index is -0.249. The Labute approximate surface area is 83.1 Å². The van der Waals surface area contributed by atoms with Crippen LogP contribution in [0.15, 0.2) is 12.1 Å². The van der Waals surface area contributed by atoms with E-state index in [0.717, 1.165) is 19.6 Å². The molecule has 1 aromatic heterocycles. The second-order valence-corrected chi connectivity index (χ2v) is 3.59. The largest absolute Gasteiger partial charge is 0.464 e. The van der Waals surface area contributed by atoms with Crippen LogP contribution in [0.3, 0.4) is 0 Å². The Morgan fingerprint density at radius 2 is 2.21 bits per heavy atom. The molecule has 0 atom stereocenters. The molecule has 1 aliphatic heterocycles. The van der Waals surface area contributed by atoms with Crippen molar-refractivity contribution in [2.75, 3.05) is 20.7 Å². The lowest BCUT2D eigenvalue weighted by atomic mass is 10.3. The summed E-state index contributed by atoms with van der Waals surface area (Å²) in [5.74, 6) is -0.249. The van der Waals surface area contributed by atoms with Crippen LogP contribution in [0.25, 0.3) is 0 Å². The van der Waals surface area contributed by atoms with E-state index in [1.807, 2.05) is 16.7 Å². The van der Waals surface area contributed by atoms with Gasteiger partial charge in [0.25, 0.3) is 0 Å². The van der Waals surface area contributed by atoms with Crippen molar-refractivity contribution in [1.29, 1.82) is 0 Å². The van der Waals surface area contributed by atoms with Crippen molar-refractivity contribution in [2.24, 2.45) is 0 Å². The van der Waals surface area contributed by atoms with Gasteiger partial charge in [0.1, 0.15) is 5.69 Å². The maximum atomic E-state index is 11.4. The number of carbonyl (C=O) groups is 1. The van der Waals surface area contributed by atoms with Crippen LogP contribution in [0, 0.1) is 0 Å². The van der Waals surface area contributed by atoms with Crippen LogP contribution >= 0.6 is 0 Å². The van der Waals surface area contributed by atoms with E-state index in [2.05, 4.69) is 11.9 Å². The standard InChI is InChI=1S/C10H14N2O2/c1-11-5-6-12-8(7-11)3-4-9(12)10(13)14-2/h3-4H,5-7H2,1-2H3. The zero-order valence-electron chi connectivity index (χ0n) is 8.49. The summed E-state index contributed by atoms with van der Waals surface area (Å²) in [6.07, 6.45) is 0. The number of carbonyl (C=O) groups excluding carboxylic acids is 1. The molecule has 1 aromatic rings. The van der Waals surface area contributed by atoms with Crippen LogP contribution in [-0.2, 0) is 17.8 Å². The number of methoxy groups -OCH3 is 1. The fraction of sp³-hybridized carbons (Fsp3) is 0.500. The van der Waals surface area contributed by atoms with Gasteiger partial charge in [0, 0.05) is 25.3 Å². The second kappa shape index (κ2) is 3.46. The zero-order valence-corrected chi connectivity index (χ0v) is 8.49. The lowest BCUT2D eigenvalue weighted by Crippen LogP contribution is -2.31. The van der Waals surface area contributed by atoms with Crippen molar-refractivity contribution < 1.29 is 9.53 Å². The van der Waals surface area contributed by atoms with Crippen LogP contribution in [0.5, 0.6) is 0 Å². The highest BCUT2D eigenvalue weighted by Gasteiger charge is 2.19. The average molecular weight is 194 g/mol. The molecule has 0 amide bonds. The Balaban J connectivity index is 2.33. The fourth-order valence-electron chi connectivity index (χ4n) is 1.82. The summed E-state index contributed by atoms with van der Waals surface area (Å²) >= 11 is 0. The number of likely N-dealkylation sites (N-methyl/N-ethyl adjacent to an activating group) is 1. The summed E-state index contributed by atoms with van der Waals surface area (Å²) in [6, 6.07) is 3.82. The third-order valence-corrected chi connectivity index (χ3v) is 2.60. The minimum Gasteiger partial charge on any atom is -0.464 e. The predicted octanol–water partition coefficient (Wildman–Crippen LogP) is 0.720. The van der Waals surface area contributed by atoms with Crippen LogP contribution in [-0.4, -0.2) is 36.1 Å². The number of hydrogen-bond acceptors (Lipinski definition) is 3. The van der Waals surface area contributed by atoms with Crippen LogP contribution in [0.4, 0.5) is 0 Å². The van der Waals surface area contributed by atoms with Gasteiger partial charge in [-0.15, -0.1) is 0 Å². The van der Waals surface area contributed by atoms with E-state index in [0.29, 0.717) is 5.69 Å². The third kappa shape index (κ3) is 1.42. The molecule has 1 aliphatic rings.